The molecular weight excluding hydrogens is 504 g/mol. The second kappa shape index (κ2) is 9.93. The van der Waals surface area contributed by atoms with E-state index in [9.17, 15) is 0 Å². The van der Waals surface area contributed by atoms with E-state index in [4.69, 9.17) is 25.8 Å². The van der Waals surface area contributed by atoms with Crippen molar-refractivity contribution in [2.45, 2.75) is 78.6 Å². The number of benzene rings is 3. The van der Waals surface area contributed by atoms with Crippen LogP contribution in [-0.4, -0.2) is 5.60 Å². The van der Waals surface area contributed by atoms with Gasteiger partial charge in [-0.1, -0.05) is 99.5 Å². The highest BCUT2D eigenvalue weighted by atomic mass is 35.5. The Kier molecular flexibility index (Phi) is 6.70. The lowest BCUT2D eigenvalue weighted by atomic mass is 9.47. The topological polar surface area (TPSA) is 27.7 Å². The molecule has 2 saturated carbocycles. The number of ether oxygens (including phenoxy) is 3. The third-order valence-electron chi connectivity index (χ3n) is 9.60. The lowest BCUT2D eigenvalue weighted by molar-refractivity contribution is -0.0516. The summed E-state index contributed by atoms with van der Waals surface area (Å²) in [5.74, 6) is 2.58. The fourth-order valence-corrected chi connectivity index (χ4v) is 7.94. The first kappa shape index (κ1) is 26.3. The van der Waals surface area contributed by atoms with Crippen molar-refractivity contribution >= 4 is 17.7 Å². The van der Waals surface area contributed by atoms with Crippen LogP contribution in [0.3, 0.4) is 0 Å². The predicted molar refractivity (Wildman–Crippen MR) is 158 cm³/mol. The van der Waals surface area contributed by atoms with Crippen LogP contribution >= 0.6 is 11.6 Å². The lowest BCUT2D eigenvalue weighted by Crippen LogP contribution is -2.55. The van der Waals surface area contributed by atoms with E-state index in [-0.39, 0.29) is 11.0 Å². The highest BCUT2D eigenvalue weighted by Gasteiger charge is 2.57. The summed E-state index contributed by atoms with van der Waals surface area (Å²) < 4.78 is 19.7. The monoisotopic (exact) mass is 542 g/mol. The second-order valence-corrected chi connectivity index (χ2v) is 13.1. The highest BCUT2D eigenvalue weighted by molar-refractivity contribution is 6.34. The molecule has 2 fully saturated rings. The zero-order valence-corrected chi connectivity index (χ0v) is 24.3. The zero-order valence-electron chi connectivity index (χ0n) is 23.6. The van der Waals surface area contributed by atoms with Gasteiger partial charge in [-0.3, -0.25) is 0 Å². The van der Waals surface area contributed by atoms with Gasteiger partial charge in [0.1, 0.15) is 24.6 Å². The molecule has 3 aromatic carbocycles. The second-order valence-electron chi connectivity index (χ2n) is 12.7. The summed E-state index contributed by atoms with van der Waals surface area (Å²) in [5.41, 5.74) is 4.51. The van der Waals surface area contributed by atoms with Crippen molar-refractivity contribution in [1.82, 2.24) is 0 Å². The van der Waals surface area contributed by atoms with Crippen molar-refractivity contribution < 1.29 is 14.2 Å². The van der Waals surface area contributed by atoms with Crippen molar-refractivity contribution in [3.8, 4) is 17.2 Å². The van der Waals surface area contributed by atoms with Gasteiger partial charge in [-0.2, -0.15) is 0 Å². The summed E-state index contributed by atoms with van der Waals surface area (Å²) in [7, 11) is 0. The number of hydrogen-bond acceptors (Lipinski definition) is 3. The molecule has 204 valence electrons. The highest BCUT2D eigenvalue weighted by Crippen LogP contribution is 2.64. The van der Waals surface area contributed by atoms with Gasteiger partial charge in [-0.25, -0.2) is 0 Å². The molecule has 6 rings (SSSR count). The molecule has 3 aromatic rings. The van der Waals surface area contributed by atoms with Gasteiger partial charge in [0.05, 0.1) is 5.02 Å². The molecule has 0 bridgehead atoms. The maximum Gasteiger partial charge on any atom is 0.181 e. The molecule has 0 radical (unpaired) electrons. The summed E-state index contributed by atoms with van der Waals surface area (Å²) in [6.07, 6.45) is 8.24. The molecule has 0 aromatic heterocycles. The molecule has 0 N–H and O–H groups in total. The Labute approximate surface area is 238 Å². The molecule has 3 aliphatic rings. The van der Waals surface area contributed by atoms with Crippen LogP contribution in [0, 0.1) is 16.7 Å². The van der Waals surface area contributed by atoms with Crippen LogP contribution in [0.4, 0.5) is 0 Å². The number of rotatable bonds is 6. The van der Waals surface area contributed by atoms with Crippen molar-refractivity contribution in [2.24, 2.45) is 16.7 Å². The van der Waals surface area contributed by atoms with Gasteiger partial charge in [-0.05, 0) is 72.1 Å². The fourth-order valence-electron chi connectivity index (χ4n) is 7.65. The first-order valence-electron chi connectivity index (χ1n) is 14.3. The van der Waals surface area contributed by atoms with Gasteiger partial charge in [0, 0.05) is 11.6 Å². The molecule has 2 aliphatic carbocycles. The SMILES string of the molecule is CC1(C)CCC[C@]2(C)C3=Cc4c(cc(OCc5ccccc5)c(OCc5ccccc5)c4Cl)O[C@@]3(C)CC[C@@H]12. The molecule has 3 nitrogen and oxygen atoms in total. The third-order valence-corrected chi connectivity index (χ3v) is 9.97. The summed E-state index contributed by atoms with van der Waals surface area (Å²) in [6.45, 7) is 10.5. The van der Waals surface area contributed by atoms with Gasteiger partial charge >= 0.3 is 0 Å². The van der Waals surface area contributed by atoms with Crippen LogP contribution < -0.4 is 14.2 Å². The van der Waals surface area contributed by atoms with E-state index in [1.54, 1.807) is 0 Å². The predicted octanol–water partition coefficient (Wildman–Crippen LogP) is 9.66. The first-order valence-corrected chi connectivity index (χ1v) is 14.7. The van der Waals surface area contributed by atoms with E-state index in [0.717, 1.165) is 28.9 Å². The average molecular weight is 543 g/mol. The summed E-state index contributed by atoms with van der Waals surface area (Å²) in [4.78, 5) is 0. The molecule has 1 heterocycles. The minimum absolute atomic E-state index is 0.0866. The Morgan fingerprint density at radius 2 is 1.49 bits per heavy atom. The standard InChI is InChI=1S/C35H39ClO3/c1-33(2)17-11-18-34(3)29(33)16-19-35(4)30(34)20-26-27(39-35)21-28(37-22-24-12-7-5-8-13-24)32(31(26)36)38-23-25-14-9-6-10-15-25/h5-10,12-15,20-21,29H,11,16-19,22-23H2,1-4H3/t29-,34-,35-/m0/s1. The molecule has 3 atom stereocenters. The molecule has 0 saturated heterocycles. The number of fused-ring (bicyclic) bond motifs is 4. The van der Waals surface area contributed by atoms with Crippen LogP contribution in [0.2, 0.25) is 5.02 Å². The summed E-state index contributed by atoms with van der Waals surface area (Å²) >= 11 is 7.20. The smallest absolute Gasteiger partial charge is 0.181 e. The Morgan fingerprint density at radius 1 is 0.846 bits per heavy atom. The maximum atomic E-state index is 7.20. The Morgan fingerprint density at radius 3 is 2.15 bits per heavy atom. The van der Waals surface area contributed by atoms with Gasteiger partial charge in [0.15, 0.2) is 11.5 Å². The number of halogens is 1. The lowest BCUT2D eigenvalue weighted by Gasteiger charge is -2.60. The van der Waals surface area contributed by atoms with Crippen LogP contribution in [0.5, 0.6) is 17.2 Å². The van der Waals surface area contributed by atoms with Crippen LogP contribution in [0.1, 0.15) is 76.5 Å². The maximum absolute atomic E-state index is 7.20. The molecule has 4 heteroatoms. The minimum atomic E-state index is -0.349. The van der Waals surface area contributed by atoms with Gasteiger partial charge in [-0.15, -0.1) is 0 Å². The normalized spacial score (nSPS) is 26.8. The largest absolute Gasteiger partial charge is 0.485 e. The van der Waals surface area contributed by atoms with Gasteiger partial charge in [0.25, 0.3) is 0 Å². The Bertz CT molecular complexity index is 1380. The van der Waals surface area contributed by atoms with Crippen molar-refractivity contribution in [1.29, 1.82) is 0 Å². The van der Waals surface area contributed by atoms with Gasteiger partial charge < -0.3 is 14.2 Å². The number of hydrogen-bond donors (Lipinski definition) is 0. The summed E-state index contributed by atoms with van der Waals surface area (Å²) in [6, 6.07) is 22.3. The molecule has 0 spiro atoms. The molecular formula is C35H39ClO3. The van der Waals surface area contributed by atoms with Crippen LogP contribution in [-0.2, 0) is 13.2 Å². The van der Waals surface area contributed by atoms with E-state index >= 15 is 0 Å². The van der Waals surface area contributed by atoms with E-state index < -0.39 is 0 Å². The molecule has 1 aliphatic heterocycles. The van der Waals surface area contributed by atoms with Gasteiger partial charge in [0.2, 0.25) is 0 Å². The van der Waals surface area contributed by atoms with Crippen LogP contribution in [0.25, 0.3) is 6.08 Å². The Balaban J connectivity index is 1.42. The van der Waals surface area contributed by atoms with Crippen LogP contribution in [0.15, 0.2) is 72.3 Å². The minimum Gasteiger partial charge on any atom is -0.485 e. The summed E-state index contributed by atoms with van der Waals surface area (Å²) in [5, 5.41) is 0.557. The van der Waals surface area contributed by atoms with Crippen molar-refractivity contribution in [3.63, 3.8) is 0 Å². The van der Waals surface area contributed by atoms with Crippen molar-refractivity contribution in [2.75, 3.05) is 0 Å². The average Bonchev–Trinajstić information content (AvgIpc) is 2.91. The van der Waals surface area contributed by atoms with E-state index in [0.29, 0.717) is 41.1 Å². The van der Waals surface area contributed by atoms with E-state index in [1.165, 1.54) is 31.3 Å². The van der Waals surface area contributed by atoms with Crippen molar-refractivity contribution in [3.05, 3.63) is 94.0 Å². The van der Waals surface area contributed by atoms with E-state index in [1.807, 2.05) is 42.5 Å². The zero-order chi connectivity index (χ0) is 27.3. The Hall–Kier alpha value is -2.91. The molecule has 0 amide bonds. The molecule has 0 unspecified atom stereocenters. The fraction of sp³-hybridized carbons (Fsp3) is 0.429. The third kappa shape index (κ3) is 4.73. The van der Waals surface area contributed by atoms with E-state index in [2.05, 4.69) is 58.0 Å². The molecule has 39 heavy (non-hydrogen) atoms. The first-order chi connectivity index (χ1) is 18.7. The quantitative estimate of drug-likeness (QED) is 0.310.